The first-order chi connectivity index (χ1) is 18.6. The number of para-hydroxylation sites is 2. The molecular formula is C32H31FN4O. The van der Waals surface area contributed by atoms with E-state index in [4.69, 9.17) is 4.98 Å². The van der Waals surface area contributed by atoms with E-state index in [2.05, 4.69) is 48.3 Å². The van der Waals surface area contributed by atoms with Crippen LogP contribution >= 0.6 is 0 Å². The molecule has 1 N–H and O–H groups in total. The van der Waals surface area contributed by atoms with Gasteiger partial charge in [0, 0.05) is 48.9 Å². The monoisotopic (exact) mass is 506 g/mol. The first kappa shape index (κ1) is 24.2. The van der Waals surface area contributed by atoms with Gasteiger partial charge in [-0.25, -0.2) is 9.37 Å². The number of aromatic nitrogens is 2. The molecule has 0 aliphatic carbocycles. The van der Waals surface area contributed by atoms with Gasteiger partial charge in [0.05, 0.1) is 22.6 Å². The lowest BCUT2D eigenvalue weighted by atomic mass is 10.0. The van der Waals surface area contributed by atoms with Crippen LogP contribution in [0.5, 0.6) is 0 Å². The van der Waals surface area contributed by atoms with E-state index in [-0.39, 0.29) is 11.7 Å². The minimum absolute atomic E-state index is 0.166. The van der Waals surface area contributed by atoms with Crippen LogP contribution in [0.25, 0.3) is 33.2 Å². The summed E-state index contributed by atoms with van der Waals surface area (Å²) in [5.41, 5.74) is 7.04. The minimum atomic E-state index is -0.210. The number of pyridine rings is 1. The normalized spacial score (nSPS) is 13.9. The van der Waals surface area contributed by atoms with Crippen molar-refractivity contribution in [1.29, 1.82) is 0 Å². The summed E-state index contributed by atoms with van der Waals surface area (Å²) in [5.74, 6) is -0.0439. The summed E-state index contributed by atoms with van der Waals surface area (Å²) < 4.78 is 14.2. The fraction of sp³-hybridized carbons (Fsp3) is 0.250. The summed E-state index contributed by atoms with van der Waals surface area (Å²) in [6.07, 6.45) is 2.03. The van der Waals surface area contributed by atoms with Crippen molar-refractivity contribution in [3.8, 4) is 11.4 Å². The Hall–Kier alpha value is -4.19. The number of hydrogen-bond acceptors (Lipinski definition) is 3. The molecule has 0 bridgehead atoms. The molecule has 0 spiro atoms. The number of halogens is 1. The molecule has 3 aromatic carbocycles. The molecular weight excluding hydrogens is 475 g/mol. The van der Waals surface area contributed by atoms with Crippen molar-refractivity contribution in [1.82, 2.24) is 14.9 Å². The molecule has 1 aliphatic rings. The van der Waals surface area contributed by atoms with Crippen LogP contribution in [0.15, 0.2) is 78.9 Å². The Bertz CT molecular complexity index is 1620. The average Bonchev–Trinajstić information content (AvgIpc) is 3.30. The molecule has 5 nitrogen and oxygen atoms in total. The number of nitrogens with zero attached hydrogens (tertiary/aromatic N) is 3. The molecule has 0 radical (unpaired) electrons. The van der Waals surface area contributed by atoms with Gasteiger partial charge in [-0.05, 0) is 61.7 Å². The molecule has 6 rings (SSSR count). The second-order valence-electron chi connectivity index (χ2n) is 10.1. The second-order valence-corrected chi connectivity index (χ2v) is 10.1. The highest BCUT2D eigenvalue weighted by atomic mass is 19.1. The van der Waals surface area contributed by atoms with Crippen molar-refractivity contribution in [3.63, 3.8) is 0 Å². The summed E-state index contributed by atoms with van der Waals surface area (Å²) in [7, 11) is 0. The van der Waals surface area contributed by atoms with E-state index < -0.39 is 0 Å². The quantitative estimate of drug-likeness (QED) is 0.286. The molecule has 0 unspecified atom stereocenters. The first-order valence-electron chi connectivity index (χ1n) is 13.3. The van der Waals surface area contributed by atoms with Gasteiger partial charge in [-0.15, -0.1) is 0 Å². The maximum Gasteiger partial charge on any atom is 0.222 e. The lowest BCUT2D eigenvalue weighted by molar-refractivity contribution is -0.131. The number of rotatable bonds is 6. The van der Waals surface area contributed by atoms with Crippen molar-refractivity contribution in [2.45, 2.75) is 26.2 Å². The van der Waals surface area contributed by atoms with Crippen molar-refractivity contribution in [2.75, 3.05) is 31.1 Å². The lowest BCUT2D eigenvalue weighted by Crippen LogP contribution is -2.49. The van der Waals surface area contributed by atoms with E-state index in [1.165, 1.54) is 22.6 Å². The molecule has 2 aromatic heterocycles. The number of aryl methyl sites for hydroxylation is 2. The third-order valence-corrected chi connectivity index (χ3v) is 7.56. The van der Waals surface area contributed by atoms with E-state index >= 15 is 0 Å². The van der Waals surface area contributed by atoms with Crippen LogP contribution in [0.2, 0.25) is 0 Å². The Balaban J connectivity index is 1.16. The van der Waals surface area contributed by atoms with Crippen molar-refractivity contribution in [2.24, 2.45) is 0 Å². The van der Waals surface area contributed by atoms with Gasteiger partial charge in [-0.1, -0.05) is 48.0 Å². The van der Waals surface area contributed by atoms with E-state index in [0.29, 0.717) is 38.3 Å². The molecule has 0 saturated carbocycles. The molecule has 1 amide bonds. The Morgan fingerprint density at radius 1 is 0.947 bits per heavy atom. The summed E-state index contributed by atoms with van der Waals surface area (Å²) in [5, 5.41) is 2.31. The van der Waals surface area contributed by atoms with E-state index in [1.807, 2.05) is 34.1 Å². The Labute approximate surface area is 221 Å². The summed E-state index contributed by atoms with van der Waals surface area (Å²) in [4.78, 5) is 25.6. The fourth-order valence-electron chi connectivity index (χ4n) is 5.52. The SMILES string of the molecule is Cc1ccc2[nH]c(-c3ccc4ccccc4n3)c(CCCC(=O)N3CCN(c4ccccc4F)CC3)c2c1. The third-order valence-electron chi connectivity index (χ3n) is 7.56. The number of hydrogen-bond donors (Lipinski definition) is 1. The molecule has 192 valence electrons. The van der Waals surface area contributed by atoms with Gasteiger partial charge in [0.15, 0.2) is 0 Å². The number of amides is 1. The van der Waals surface area contributed by atoms with Gasteiger partial charge < -0.3 is 14.8 Å². The topological polar surface area (TPSA) is 52.2 Å². The number of aromatic amines is 1. The largest absolute Gasteiger partial charge is 0.366 e. The summed E-state index contributed by atoms with van der Waals surface area (Å²) in [6.45, 7) is 4.63. The summed E-state index contributed by atoms with van der Waals surface area (Å²) >= 11 is 0. The maximum absolute atomic E-state index is 14.2. The van der Waals surface area contributed by atoms with Crippen LogP contribution in [-0.2, 0) is 11.2 Å². The number of fused-ring (bicyclic) bond motifs is 2. The Kier molecular flexibility index (Phi) is 6.54. The highest BCUT2D eigenvalue weighted by Gasteiger charge is 2.23. The first-order valence-corrected chi connectivity index (χ1v) is 13.3. The molecule has 1 saturated heterocycles. The van der Waals surface area contributed by atoms with Gasteiger partial charge in [-0.3, -0.25) is 4.79 Å². The smallest absolute Gasteiger partial charge is 0.222 e. The lowest BCUT2D eigenvalue weighted by Gasteiger charge is -2.36. The van der Waals surface area contributed by atoms with Crippen molar-refractivity contribution < 1.29 is 9.18 Å². The van der Waals surface area contributed by atoms with Crippen LogP contribution in [0, 0.1) is 12.7 Å². The molecule has 38 heavy (non-hydrogen) atoms. The number of anilines is 1. The highest BCUT2D eigenvalue weighted by molar-refractivity contribution is 5.92. The summed E-state index contributed by atoms with van der Waals surface area (Å²) in [6, 6.07) is 25.6. The average molecular weight is 507 g/mol. The third kappa shape index (κ3) is 4.74. The number of H-pyrrole nitrogens is 1. The zero-order valence-electron chi connectivity index (χ0n) is 21.6. The molecule has 1 fully saturated rings. The Morgan fingerprint density at radius 3 is 2.58 bits per heavy atom. The number of piperazine rings is 1. The van der Waals surface area contributed by atoms with E-state index in [9.17, 15) is 9.18 Å². The van der Waals surface area contributed by atoms with Crippen LogP contribution in [0.4, 0.5) is 10.1 Å². The van der Waals surface area contributed by atoms with E-state index in [0.717, 1.165) is 40.6 Å². The van der Waals surface area contributed by atoms with Crippen LogP contribution in [-0.4, -0.2) is 47.0 Å². The number of carbonyl (C=O) groups excluding carboxylic acids is 1. The van der Waals surface area contributed by atoms with Crippen molar-refractivity contribution in [3.05, 3.63) is 95.8 Å². The van der Waals surface area contributed by atoms with Gasteiger partial charge in [0.25, 0.3) is 0 Å². The van der Waals surface area contributed by atoms with Gasteiger partial charge in [0.1, 0.15) is 5.82 Å². The zero-order valence-corrected chi connectivity index (χ0v) is 21.6. The van der Waals surface area contributed by atoms with Crippen LogP contribution < -0.4 is 4.90 Å². The maximum atomic E-state index is 14.2. The standard InChI is InChI=1S/C32H31FN4O/c1-22-13-15-28-25(21-22)24(32(35-28)29-16-14-23-7-2-4-10-27(23)34-29)8-6-12-31(38)37-19-17-36(18-20-37)30-11-5-3-9-26(30)33/h2-5,7,9-11,13-16,21,35H,6,8,12,17-20H2,1H3. The van der Waals surface area contributed by atoms with Crippen LogP contribution in [0.3, 0.4) is 0 Å². The molecule has 3 heterocycles. The minimum Gasteiger partial charge on any atom is -0.366 e. The van der Waals surface area contributed by atoms with Gasteiger partial charge in [-0.2, -0.15) is 0 Å². The second kappa shape index (κ2) is 10.3. The zero-order chi connectivity index (χ0) is 26.1. The predicted octanol–water partition coefficient (Wildman–Crippen LogP) is 6.50. The van der Waals surface area contributed by atoms with Gasteiger partial charge >= 0.3 is 0 Å². The van der Waals surface area contributed by atoms with Crippen molar-refractivity contribution >= 4 is 33.4 Å². The number of nitrogens with one attached hydrogen (secondary N) is 1. The fourth-order valence-corrected chi connectivity index (χ4v) is 5.52. The number of carbonyl (C=O) groups is 1. The van der Waals surface area contributed by atoms with Crippen LogP contribution in [0.1, 0.15) is 24.0 Å². The molecule has 0 atom stereocenters. The number of benzene rings is 3. The molecule has 5 aromatic rings. The molecule has 1 aliphatic heterocycles. The predicted molar refractivity (Wildman–Crippen MR) is 152 cm³/mol. The highest BCUT2D eigenvalue weighted by Crippen LogP contribution is 2.32. The van der Waals surface area contributed by atoms with E-state index in [1.54, 1.807) is 12.1 Å². The molecule has 6 heteroatoms. The Morgan fingerprint density at radius 2 is 1.74 bits per heavy atom. The van der Waals surface area contributed by atoms with Gasteiger partial charge in [0.2, 0.25) is 5.91 Å².